The Kier molecular flexibility index (Phi) is 11.2. The highest BCUT2D eigenvalue weighted by Crippen LogP contribution is 2.11. The minimum absolute atomic E-state index is 0.0306. The van der Waals surface area contributed by atoms with Gasteiger partial charge in [0.15, 0.2) is 6.61 Å². The van der Waals surface area contributed by atoms with E-state index in [1.807, 2.05) is 31.2 Å². The lowest BCUT2D eigenvalue weighted by Gasteiger charge is -2.24. The van der Waals surface area contributed by atoms with Crippen molar-refractivity contribution in [3.8, 4) is 5.75 Å². The average molecular weight is 379 g/mol. The van der Waals surface area contributed by atoms with Crippen molar-refractivity contribution in [3.05, 3.63) is 29.8 Å². The third kappa shape index (κ3) is 9.43. The van der Waals surface area contributed by atoms with E-state index >= 15 is 0 Å². The first-order valence-electron chi connectivity index (χ1n) is 9.85. The molecule has 27 heavy (non-hydrogen) atoms. The van der Waals surface area contributed by atoms with E-state index in [4.69, 9.17) is 9.47 Å². The van der Waals surface area contributed by atoms with E-state index in [0.717, 1.165) is 31.6 Å². The lowest BCUT2D eigenvalue weighted by Crippen LogP contribution is -2.38. The van der Waals surface area contributed by atoms with Gasteiger partial charge in [-0.05, 0) is 52.0 Å². The predicted octanol–water partition coefficient (Wildman–Crippen LogP) is 2.89. The molecule has 0 spiro atoms. The second kappa shape index (κ2) is 13.1. The van der Waals surface area contributed by atoms with Crippen LogP contribution in [-0.4, -0.2) is 67.6 Å². The highest BCUT2D eigenvalue weighted by Gasteiger charge is 2.16. The van der Waals surface area contributed by atoms with Crippen molar-refractivity contribution in [1.29, 1.82) is 0 Å². The van der Waals surface area contributed by atoms with Gasteiger partial charge in [0.05, 0.1) is 13.0 Å². The van der Waals surface area contributed by atoms with Crippen LogP contribution in [0, 0.1) is 6.92 Å². The summed E-state index contributed by atoms with van der Waals surface area (Å²) in [5.41, 5.74) is 1.14. The summed E-state index contributed by atoms with van der Waals surface area (Å²) in [6.07, 6.45) is 1.07. The molecule has 0 fully saturated rings. The Morgan fingerprint density at radius 3 is 2.22 bits per heavy atom. The predicted molar refractivity (Wildman–Crippen MR) is 107 cm³/mol. The third-order valence-electron chi connectivity index (χ3n) is 4.42. The summed E-state index contributed by atoms with van der Waals surface area (Å²) in [6.45, 7) is 12.2. The molecule has 0 aliphatic carbocycles. The van der Waals surface area contributed by atoms with E-state index in [1.54, 1.807) is 11.8 Å². The Balaban J connectivity index is 2.56. The summed E-state index contributed by atoms with van der Waals surface area (Å²) in [7, 11) is 0. The molecular weight excluding hydrogens is 344 g/mol. The van der Waals surface area contributed by atoms with Gasteiger partial charge in [0.1, 0.15) is 5.75 Å². The van der Waals surface area contributed by atoms with Gasteiger partial charge in [0, 0.05) is 13.1 Å². The van der Waals surface area contributed by atoms with Crippen LogP contribution in [0.1, 0.15) is 39.2 Å². The van der Waals surface area contributed by atoms with Crippen LogP contribution in [0.15, 0.2) is 24.3 Å². The van der Waals surface area contributed by atoms with Gasteiger partial charge in [0.2, 0.25) is 0 Å². The van der Waals surface area contributed by atoms with Gasteiger partial charge < -0.3 is 19.3 Å². The van der Waals surface area contributed by atoms with Crippen molar-refractivity contribution < 1.29 is 19.1 Å². The molecule has 0 radical (unpaired) electrons. The first-order chi connectivity index (χ1) is 13.0. The van der Waals surface area contributed by atoms with Crippen molar-refractivity contribution in [2.45, 2.75) is 40.5 Å². The minimum atomic E-state index is -0.279. The molecule has 0 N–H and O–H groups in total. The van der Waals surface area contributed by atoms with Crippen molar-refractivity contribution in [1.82, 2.24) is 9.80 Å². The Labute approximate surface area is 163 Å². The number of rotatable bonds is 13. The lowest BCUT2D eigenvalue weighted by molar-refractivity contribution is -0.144. The van der Waals surface area contributed by atoms with Crippen LogP contribution in [-0.2, 0) is 14.3 Å². The maximum atomic E-state index is 12.6. The van der Waals surface area contributed by atoms with Gasteiger partial charge in [-0.15, -0.1) is 0 Å². The molecule has 0 aliphatic rings. The highest BCUT2D eigenvalue weighted by molar-refractivity contribution is 5.78. The number of esters is 1. The zero-order chi connectivity index (χ0) is 20.1. The molecule has 1 aromatic rings. The quantitative estimate of drug-likeness (QED) is 0.494. The molecule has 1 rings (SSSR count). The van der Waals surface area contributed by atoms with E-state index in [-0.39, 0.29) is 24.9 Å². The molecule has 1 amide bonds. The zero-order valence-corrected chi connectivity index (χ0v) is 17.2. The molecule has 0 bridgehead atoms. The summed E-state index contributed by atoms with van der Waals surface area (Å²) in [5, 5.41) is 0. The molecule has 0 heterocycles. The van der Waals surface area contributed by atoms with Gasteiger partial charge in [-0.1, -0.05) is 31.5 Å². The molecule has 6 heteroatoms. The Morgan fingerprint density at radius 1 is 0.963 bits per heavy atom. The van der Waals surface area contributed by atoms with Crippen LogP contribution in [0.4, 0.5) is 0 Å². The number of aryl methyl sites for hydroxylation is 1. The summed E-state index contributed by atoms with van der Waals surface area (Å²) < 4.78 is 10.6. The molecule has 0 atom stereocenters. The number of ether oxygens (including phenoxy) is 2. The van der Waals surface area contributed by atoms with E-state index in [1.165, 1.54) is 0 Å². The topological polar surface area (TPSA) is 59.1 Å². The van der Waals surface area contributed by atoms with E-state index in [9.17, 15) is 9.59 Å². The largest absolute Gasteiger partial charge is 0.484 e. The first kappa shape index (κ1) is 23.0. The molecule has 1 aromatic carbocycles. The molecule has 0 saturated carbocycles. The molecule has 0 unspecified atom stereocenters. The van der Waals surface area contributed by atoms with Gasteiger partial charge in [-0.2, -0.15) is 0 Å². The van der Waals surface area contributed by atoms with Gasteiger partial charge in [-0.25, -0.2) is 0 Å². The maximum absolute atomic E-state index is 12.6. The zero-order valence-electron chi connectivity index (χ0n) is 17.2. The standard InChI is InChI=1S/C21H34N2O4/c1-5-22(6-2)14-8-15-23(16-13-21(25)26-7-3)20(24)17-27-19-11-9-18(4)10-12-19/h9-12H,5-8,13-17H2,1-4H3. The van der Waals surface area contributed by atoms with Crippen LogP contribution in [0.25, 0.3) is 0 Å². The average Bonchev–Trinajstić information content (AvgIpc) is 2.67. The molecule has 152 valence electrons. The molecule has 6 nitrogen and oxygen atoms in total. The SMILES string of the molecule is CCOC(=O)CCN(CCCN(CC)CC)C(=O)COc1ccc(C)cc1. The summed E-state index contributed by atoms with van der Waals surface area (Å²) in [6, 6.07) is 7.60. The van der Waals surface area contributed by atoms with Crippen molar-refractivity contribution in [3.63, 3.8) is 0 Å². The fourth-order valence-electron chi connectivity index (χ4n) is 2.72. The number of benzene rings is 1. The fourth-order valence-corrected chi connectivity index (χ4v) is 2.72. The molecule has 0 aliphatic heterocycles. The summed E-state index contributed by atoms with van der Waals surface area (Å²) in [5.74, 6) is 0.278. The van der Waals surface area contributed by atoms with Crippen LogP contribution in [0.5, 0.6) is 5.75 Å². The van der Waals surface area contributed by atoms with Crippen LogP contribution >= 0.6 is 0 Å². The fraction of sp³-hybridized carbons (Fsp3) is 0.619. The number of hydrogen-bond donors (Lipinski definition) is 0. The number of carbonyl (C=O) groups is 2. The van der Waals surface area contributed by atoms with Crippen molar-refractivity contribution in [2.24, 2.45) is 0 Å². The van der Waals surface area contributed by atoms with Crippen LogP contribution in [0.3, 0.4) is 0 Å². The smallest absolute Gasteiger partial charge is 0.307 e. The number of carbonyl (C=O) groups excluding carboxylic acids is 2. The third-order valence-corrected chi connectivity index (χ3v) is 4.42. The monoisotopic (exact) mass is 378 g/mol. The Bertz CT molecular complexity index is 556. The summed E-state index contributed by atoms with van der Waals surface area (Å²) in [4.78, 5) is 28.3. The van der Waals surface area contributed by atoms with Gasteiger partial charge >= 0.3 is 5.97 Å². The van der Waals surface area contributed by atoms with Crippen LogP contribution in [0.2, 0.25) is 0 Å². The van der Waals surface area contributed by atoms with Crippen molar-refractivity contribution in [2.75, 3.05) is 45.9 Å². The van der Waals surface area contributed by atoms with Gasteiger partial charge in [-0.3, -0.25) is 9.59 Å². The maximum Gasteiger partial charge on any atom is 0.307 e. The van der Waals surface area contributed by atoms with E-state index in [0.29, 0.717) is 25.4 Å². The van der Waals surface area contributed by atoms with E-state index in [2.05, 4.69) is 18.7 Å². The second-order valence-corrected chi connectivity index (χ2v) is 6.42. The minimum Gasteiger partial charge on any atom is -0.484 e. The first-order valence-corrected chi connectivity index (χ1v) is 9.85. The number of nitrogens with zero attached hydrogens (tertiary/aromatic N) is 2. The lowest BCUT2D eigenvalue weighted by atomic mass is 10.2. The molecule has 0 aromatic heterocycles. The molecule has 0 saturated heterocycles. The Morgan fingerprint density at radius 2 is 1.63 bits per heavy atom. The molecular formula is C21H34N2O4. The van der Waals surface area contributed by atoms with Gasteiger partial charge in [0.25, 0.3) is 5.91 Å². The number of amides is 1. The highest BCUT2D eigenvalue weighted by atomic mass is 16.5. The number of hydrogen-bond acceptors (Lipinski definition) is 5. The Hall–Kier alpha value is -2.08. The normalized spacial score (nSPS) is 10.7. The van der Waals surface area contributed by atoms with Crippen LogP contribution < -0.4 is 4.74 Å². The van der Waals surface area contributed by atoms with E-state index < -0.39 is 0 Å². The van der Waals surface area contributed by atoms with Crippen molar-refractivity contribution >= 4 is 11.9 Å². The summed E-state index contributed by atoms with van der Waals surface area (Å²) >= 11 is 0. The second-order valence-electron chi connectivity index (χ2n) is 6.42.